The van der Waals surface area contributed by atoms with E-state index in [0.29, 0.717) is 0 Å². The Bertz CT molecular complexity index is 596. The number of hydrogen-bond acceptors (Lipinski definition) is 4. The summed E-state index contributed by atoms with van der Waals surface area (Å²) in [7, 11) is 0. The average Bonchev–Trinajstić information content (AvgIpc) is 3.08. The molecule has 3 N–H and O–H groups in total. The summed E-state index contributed by atoms with van der Waals surface area (Å²) in [6.45, 7) is 0.00676. The molecule has 2 rings (SSSR count). The highest BCUT2D eigenvalue weighted by molar-refractivity contribution is 5.91. The van der Waals surface area contributed by atoms with Gasteiger partial charge in [0.25, 0.3) is 5.91 Å². The zero-order valence-electron chi connectivity index (χ0n) is 12.0. The Morgan fingerprint density at radius 1 is 1.14 bits per heavy atom. The fourth-order valence-electron chi connectivity index (χ4n) is 1.97. The molecule has 1 aromatic carbocycles. The molecular formula is C16H18N2O4. The maximum Gasteiger partial charge on any atom is 0.286 e. The Hall–Kier alpha value is -2.60. The van der Waals surface area contributed by atoms with Gasteiger partial charge >= 0.3 is 0 Å². The molecule has 116 valence electrons. The smallest absolute Gasteiger partial charge is 0.286 e. The van der Waals surface area contributed by atoms with Crippen molar-refractivity contribution in [1.29, 1.82) is 0 Å². The highest BCUT2D eigenvalue weighted by Gasteiger charge is 2.14. The fraction of sp³-hybridized carbons (Fsp3) is 0.250. The lowest BCUT2D eigenvalue weighted by atomic mass is 10.1. The van der Waals surface area contributed by atoms with Gasteiger partial charge in [-0.15, -0.1) is 0 Å². The van der Waals surface area contributed by atoms with Crippen LogP contribution in [0, 0.1) is 0 Å². The standard InChI is InChI=1S/C16H18N2O4/c19-11-13(12-5-2-1-3-6-12)18-15(20)8-9-17-16(21)14-7-4-10-22-14/h1-7,10,13,19H,8-9,11H2,(H,17,21)(H,18,20). The summed E-state index contributed by atoms with van der Waals surface area (Å²) in [5, 5.41) is 14.7. The molecule has 0 bridgehead atoms. The van der Waals surface area contributed by atoms with E-state index < -0.39 is 6.04 Å². The van der Waals surface area contributed by atoms with E-state index in [1.54, 1.807) is 12.1 Å². The van der Waals surface area contributed by atoms with Crippen molar-refractivity contribution in [2.75, 3.05) is 13.2 Å². The number of amides is 2. The number of hydrogen-bond donors (Lipinski definition) is 3. The Kier molecular flexibility index (Phi) is 5.73. The topological polar surface area (TPSA) is 91.6 Å². The highest BCUT2D eigenvalue weighted by atomic mass is 16.3. The van der Waals surface area contributed by atoms with Crippen LogP contribution in [0.4, 0.5) is 0 Å². The molecular weight excluding hydrogens is 284 g/mol. The Balaban J connectivity index is 1.76. The highest BCUT2D eigenvalue weighted by Crippen LogP contribution is 2.11. The second kappa shape index (κ2) is 7.99. The predicted molar refractivity (Wildman–Crippen MR) is 80.1 cm³/mol. The summed E-state index contributed by atoms with van der Waals surface area (Å²) < 4.78 is 4.95. The Labute approximate surface area is 128 Å². The van der Waals surface area contributed by atoms with Crippen LogP contribution < -0.4 is 10.6 Å². The van der Waals surface area contributed by atoms with Crippen molar-refractivity contribution in [3.63, 3.8) is 0 Å². The van der Waals surface area contributed by atoms with Crippen LogP contribution in [0.2, 0.25) is 0 Å². The first-order valence-electron chi connectivity index (χ1n) is 6.97. The second-order valence-corrected chi connectivity index (χ2v) is 4.70. The van der Waals surface area contributed by atoms with Crippen LogP contribution in [0.3, 0.4) is 0 Å². The van der Waals surface area contributed by atoms with E-state index in [0.717, 1.165) is 5.56 Å². The fourth-order valence-corrected chi connectivity index (χ4v) is 1.97. The van der Waals surface area contributed by atoms with Gasteiger partial charge in [-0.3, -0.25) is 9.59 Å². The summed E-state index contributed by atoms with van der Waals surface area (Å²) in [6.07, 6.45) is 1.53. The predicted octanol–water partition coefficient (Wildman–Crippen LogP) is 1.25. The van der Waals surface area contributed by atoms with Crippen LogP contribution in [0.15, 0.2) is 53.1 Å². The normalized spacial score (nSPS) is 11.7. The summed E-state index contributed by atoms with van der Waals surface area (Å²) in [5.74, 6) is -0.403. The van der Waals surface area contributed by atoms with Crippen molar-refractivity contribution >= 4 is 11.8 Å². The van der Waals surface area contributed by atoms with E-state index in [-0.39, 0.29) is 37.1 Å². The first kappa shape index (κ1) is 15.8. The quantitative estimate of drug-likeness (QED) is 0.718. The maximum absolute atomic E-state index is 11.9. The molecule has 0 aliphatic rings. The second-order valence-electron chi connectivity index (χ2n) is 4.70. The number of carbonyl (C=O) groups is 2. The van der Waals surface area contributed by atoms with Crippen LogP contribution >= 0.6 is 0 Å². The minimum Gasteiger partial charge on any atom is -0.459 e. The van der Waals surface area contributed by atoms with Crippen LogP contribution in [-0.4, -0.2) is 30.1 Å². The molecule has 22 heavy (non-hydrogen) atoms. The molecule has 0 radical (unpaired) electrons. The van der Waals surface area contributed by atoms with Crippen LogP contribution in [0.25, 0.3) is 0 Å². The SMILES string of the molecule is O=C(CCNC(=O)c1ccco1)NC(CO)c1ccccc1. The van der Waals surface area contributed by atoms with Gasteiger partial charge in [-0.25, -0.2) is 0 Å². The molecule has 2 amide bonds. The molecule has 1 unspecified atom stereocenters. The van der Waals surface area contributed by atoms with Crippen LogP contribution in [0.1, 0.15) is 28.6 Å². The molecule has 1 heterocycles. The number of benzene rings is 1. The van der Waals surface area contributed by atoms with Gasteiger partial charge < -0.3 is 20.2 Å². The van der Waals surface area contributed by atoms with Crippen molar-refractivity contribution in [2.24, 2.45) is 0 Å². The van der Waals surface area contributed by atoms with Gasteiger partial charge in [-0.1, -0.05) is 30.3 Å². The van der Waals surface area contributed by atoms with Crippen LogP contribution in [-0.2, 0) is 4.79 Å². The number of rotatable bonds is 7. The number of aliphatic hydroxyl groups is 1. The van der Waals surface area contributed by atoms with Crippen LogP contribution in [0.5, 0.6) is 0 Å². The molecule has 0 fully saturated rings. The van der Waals surface area contributed by atoms with Gasteiger partial charge in [0, 0.05) is 13.0 Å². The first-order chi connectivity index (χ1) is 10.7. The van der Waals surface area contributed by atoms with E-state index in [4.69, 9.17) is 4.42 Å². The minimum atomic E-state index is -0.450. The third-order valence-corrected chi connectivity index (χ3v) is 3.10. The maximum atomic E-state index is 11.9. The summed E-state index contributed by atoms with van der Waals surface area (Å²) in [6, 6.07) is 11.9. The lowest BCUT2D eigenvalue weighted by Gasteiger charge is -2.16. The van der Waals surface area contributed by atoms with Gasteiger partial charge in [-0.2, -0.15) is 0 Å². The Morgan fingerprint density at radius 3 is 2.55 bits per heavy atom. The minimum absolute atomic E-state index is 0.121. The molecule has 1 aromatic heterocycles. The molecule has 1 atom stereocenters. The molecule has 0 spiro atoms. The molecule has 6 nitrogen and oxygen atoms in total. The van der Waals surface area contributed by atoms with E-state index in [2.05, 4.69) is 10.6 Å². The largest absolute Gasteiger partial charge is 0.459 e. The molecule has 2 aromatic rings. The number of nitrogens with one attached hydrogen (secondary N) is 2. The van der Waals surface area contributed by atoms with Gasteiger partial charge in [0.1, 0.15) is 0 Å². The monoisotopic (exact) mass is 302 g/mol. The van der Waals surface area contributed by atoms with Gasteiger partial charge in [0.05, 0.1) is 18.9 Å². The average molecular weight is 302 g/mol. The van der Waals surface area contributed by atoms with E-state index in [9.17, 15) is 14.7 Å². The first-order valence-corrected chi connectivity index (χ1v) is 6.97. The van der Waals surface area contributed by atoms with Crippen molar-refractivity contribution in [3.8, 4) is 0 Å². The van der Waals surface area contributed by atoms with Crippen molar-refractivity contribution in [1.82, 2.24) is 10.6 Å². The van der Waals surface area contributed by atoms with Gasteiger partial charge in [0.2, 0.25) is 5.91 Å². The lowest BCUT2D eigenvalue weighted by molar-refractivity contribution is -0.122. The third-order valence-electron chi connectivity index (χ3n) is 3.10. The van der Waals surface area contributed by atoms with E-state index in [1.165, 1.54) is 6.26 Å². The van der Waals surface area contributed by atoms with E-state index in [1.807, 2.05) is 30.3 Å². The summed E-state index contributed by atoms with van der Waals surface area (Å²) >= 11 is 0. The van der Waals surface area contributed by atoms with Crippen molar-refractivity contribution < 1.29 is 19.1 Å². The molecule has 0 aliphatic heterocycles. The molecule has 0 saturated heterocycles. The molecule has 6 heteroatoms. The molecule has 0 saturated carbocycles. The third kappa shape index (κ3) is 4.46. The number of furan rings is 1. The van der Waals surface area contributed by atoms with Crippen molar-refractivity contribution in [3.05, 3.63) is 60.1 Å². The van der Waals surface area contributed by atoms with Gasteiger partial charge in [-0.05, 0) is 17.7 Å². The Morgan fingerprint density at radius 2 is 1.91 bits per heavy atom. The zero-order chi connectivity index (χ0) is 15.8. The van der Waals surface area contributed by atoms with Gasteiger partial charge in [0.15, 0.2) is 5.76 Å². The van der Waals surface area contributed by atoms with E-state index >= 15 is 0 Å². The zero-order valence-corrected chi connectivity index (χ0v) is 12.0. The molecule has 0 aliphatic carbocycles. The van der Waals surface area contributed by atoms with Crippen molar-refractivity contribution in [2.45, 2.75) is 12.5 Å². The summed E-state index contributed by atoms with van der Waals surface area (Å²) in [5.41, 5.74) is 0.831. The number of aliphatic hydroxyl groups excluding tert-OH is 1. The lowest BCUT2D eigenvalue weighted by Crippen LogP contribution is -2.34. The summed E-state index contributed by atoms with van der Waals surface area (Å²) in [4.78, 5) is 23.5. The number of carbonyl (C=O) groups excluding carboxylic acids is 2.